The van der Waals surface area contributed by atoms with Gasteiger partial charge in [-0.05, 0) is 25.0 Å². The van der Waals surface area contributed by atoms with Gasteiger partial charge in [-0.1, -0.05) is 6.92 Å². The Balaban J connectivity index is 2.28. The van der Waals surface area contributed by atoms with E-state index in [9.17, 15) is 4.79 Å². The third-order valence-electron chi connectivity index (χ3n) is 3.18. The summed E-state index contributed by atoms with van der Waals surface area (Å²) >= 11 is 0. The minimum atomic E-state index is 0.386. The lowest BCUT2D eigenvalue weighted by atomic mass is 10.1. The van der Waals surface area contributed by atoms with Crippen molar-refractivity contribution in [2.45, 2.75) is 26.3 Å². The Labute approximate surface area is 102 Å². The first-order valence-electron chi connectivity index (χ1n) is 6.02. The molecule has 0 aliphatic carbocycles. The van der Waals surface area contributed by atoms with Gasteiger partial charge in [-0.3, -0.25) is 4.79 Å². The van der Waals surface area contributed by atoms with Crippen molar-refractivity contribution >= 4 is 12.1 Å². The van der Waals surface area contributed by atoms with E-state index in [4.69, 9.17) is 4.74 Å². The molecule has 1 fully saturated rings. The molecule has 92 valence electrons. The zero-order valence-electron chi connectivity index (χ0n) is 10.3. The molecular formula is C13H18N2O2. The molecule has 0 radical (unpaired) electrons. The van der Waals surface area contributed by atoms with Crippen LogP contribution < -0.4 is 4.90 Å². The van der Waals surface area contributed by atoms with Crippen LogP contribution in [0.1, 0.15) is 29.3 Å². The molecule has 1 aromatic rings. The molecule has 1 aromatic heterocycles. The molecule has 0 amide bonds. The van der Waals surface area contributed by atoms with Crippen LogP contribution >= 0.6 is 0 Å². The summed E-state index contributed by atoms with van der Waals surface area (Å²) in [6, 6.07) is 2.27. The molecule has 0 N–H and O–H groups in total. The number of nitrogens with zero attached hydrogens (tertiary/aromatic N) is 2. The van der Waals surface area contributed by atoms with Crippen LogP contribution in [0.25, 0.3) is 0 Å². The number of aromatic nitrogens is 1. The highest BCUT2D eigenvalue weighted by Crippen LogP contribution is 2.23. The minimum Gasteiger partial charge on any atom is -0.377 e. The predicted octanol–water partition coefficient (Wildman–Crippen LogP) is 1.82. The maximum Gasteiger partial charge on any atom is 0.151 e. The Morgan fingerprint density at radius 2 is 2.47 bits per heavy atom. The van der Waals surface area contributed by atoms with Gasteiger partial charge < -0.3 is 9.64 Å². The fraction of sp³-hybridized carbons (Fsp3) is 0.538. The lowest BCUT2D eigenvalue weighted by Crippen LogP contribution is -2.46. The van der Waals surface area contributed by atoms with Gasteiger partial charge in [-0.15, -0.1) is 0 Å². The number of aldehydes is 1. The monoisotopic (exact) mass is 234 g/mol. The largest absolute Gasteiger partial charge is 0.377 e. The van der Waals surface area contributed by atoms with Crippen molar-refractivity contribution in [3.05, 3.63) is 23.4 Å². The van der Waals surface area contributed by atoms with Gasteiger partial charge in [0, 0.05) is 18.3 Å². The van der Waals surface area contributed by atoms with Crippen molar-refractivity contribution < 1.29 is 9.53 Å². The van der Waals surface area contributed by atoms with E-state index in [0.717, 1.165) is 43.8 Å². The molecule has 2 heterocycles. The zero-order chi connectivity index (χ0) is 12.3. The standard InChI is InChI=1S/C13H18N2O2/c1-3-12-9-17-5-4-15(12)13-10(2)6-11(8-16)7-14-13/h6-8,12H,3-5,9H2,1-2H3. The third-order valence-corrected chi connectivity index (χ3v) is 3.18. The minimum absolute atomic E-state index is 0.386. The zero-order valence-corrected chi connectivity index (χ0v) is 10.3. The van der Waals surface area contributed by atoms with Gasteiger partial charge in [-0.2, -0.15) is 0 Å². The summed E-state index contributed by atoms with van der Waals surface area (Å²) in [5, 5.41) is 0. The first-order valence-corrected chi connectivity index (χ1v) is 6.02. The van der Waals surface area contributed by atoms with Crippen molar-refractivity contribution in [2.75, 3.05) is 24.7 Å². The average Bonchev–Trinajstić information content (AvgIpc) is 2.38. The molecule has 1 aliphatic rings. The second-order valence-corrected chi connectivity index (χ2v) is 4.36. The molecule has 0 spiro atoms. The van der Waals surface area contributed by atoms with E-state index >= 15 is 0 Å². The number of anilines is 1. The highest BCUT2D eigenvalue weighted by Gasteiger charge is 2.23. The summed E-state index contributed by atoms with van der Waals surface area (Å²) < 4.78 is 5.48. The summed E-state index contributed by atoms with van der Waals surface area (Å²) in [5.74, 6) is 0.978. The SMILES string of the molecule is CCC1COCCN1c1ncc(C=O)cc1C. The van der Waals surface area contributed by atoms with Crippen LogP contribution in [0.3, 0.4) is 0 Å². The van der Waals surface area contributed by atoms with Crippen molar-refractivity contribution in [2.24, 2.45) is 0 Å². The quantitative estimate of drug-likeness (QED) is 0.748. The first-order chi connectivity index (χ1) is 8.26. The lowest BCUT2D eigenvalue weighted by Gasteiger charge is -2.36. The Morgan fingerprint density at radius 3 is 3.12 bits per heavy atom. The Bertz CT molecular complexity index is 406. The number of ether oxygens (including phenoxy) is 1. The molecule has 0 bridgehead atoms. The van der Waals surface area contributed by atoms with Crippen LogP contribution in [0.4, 0.5) is 5.82 Å². The molecule has 0 saturated carbocycles. The highest BCUT2D eigenvalue weighted by atomic mass is 16.5. The number of hydrogen-bond donors (Lipinski definition) is 0. The molecule has 4 nitrogen and oxygen atoms in total. The maximum absolute atomic E-state index is 10.7. The lowest BCUT2D eigenvalue weighted by molar-refractivity contribution is 0.0925. The fourth-order valence-electron chi connectivity index (χ4n) is 2.23. The first kappa shape index (κ1) is 12.0. The molecule has 17 heavy (non-hydrogen) atoms. The molecular weight excluding hydrogens is 216 g/mol. The van der Waals surface area contributed by atoms with E-state index in [-0.39, 0.29) is 0 Å². The normalized spacial score (nSPS) is 20.4. The van der Waals surface area contributed by atoms with Crippen LogP contribution in [0, 0.1) is 6.92 Å². The van der Waals surface area contributed by atoms with Gasteiger partial charge in [0.1, 0.15) is 5.82 Å². The van der Waals surface area contributed by atoms with Crippen molar-refractivity contribution in [3.8, 4) is 0 Å². The van der Waals surface area contributed by atoms with E-state index < -0.39 is 0 Å². The maximum atomic E-state index is 10.7. The van der Waals surface area contributed by atoms with Crippen LogP contribution in [-0.2, 0) is 4.74 Å². The number of carbonyl (C=O) groups is 1. The van der Waals surface area contributed by atoms with E-state index in [2.05, 4.69) is 16.8 Å². The summed E-state index contributed by atoms with van der Waals surface area (Å²) in [6.07, 6.45) is 3.51. The van der Waals surface area contributed by atoms with Crippen molar-refractivity contribution in [3.63, 3.8) is 0 Å². The van der Waals surface area contributed by atoms with Crippen LogP contribution in [-0.4, -0.2) is 37.1 Å². The smallest absolute Gasteiger partial charge is 0.151 e. The van der Waals surface area contributed by atoms with Gasteiger partial charge in [0.25, 0.3) is 0 Å². The average molecular weight is 234 g/mol. The van der Waals surface area contributed by atoms with Gasteiger partial charge in [0.15, 0.2) is 6.29 Å². The topological polar surface area (TPSA) is 42.4 Å². The summed E-state index contributed by atoms with van der Waals surface area (Å²) in [4.78, 5) is 17.4. The predicted molar refractivity (Wildman–Crippen MR) is 66.6 cm³/mol. The number of morpholine rings is 1. The fourth-order valence-corrected chi connectivity index (χ4v) is 2.23. The molecule has 1 unspecified atom stereocenters. The molecule has 1 aliphatic heterocycles. The number of aryl methyl sites for hydroxylation is 1. The summed E-state index contributed by atoms with van der Waals surface area (Å²) in [6.45, 7) is 6.52. The van der Waals surface area contributed by atoms with Gasteiger partial charge in [0.05, 0.1) is 19.3 Å². The number of rotatable bonds is 3. The molecule has 1 saturated heterocycles. The molecule has 2 rings (SSSR count). The molecule has 0 aromatic carbocycles. The van der Waals surface area contributed by atoms with E-state index in [1.165, 1.54) is 0 Å². The van der Waals surface area contributed by atoms with Gasteiger partial charge in [0.2, 0.25) is 0 Å². The summed E-state index contributed by atoms with van der Waals surface area (Å²) in [7, 11) is 0. The molecule has 4 heteroatoms. The Morgan fingerprint density at radius 1 is 1.65 bits per heavy atom. The second-order valence-electron chi connectivity index (χ2n) is 4.36. The van der Waals surface area contributed by atoms with Crippen LogP contribution in [0.2, 0.25) is 0 Å². The second kappa shape index (κ2) is 5.27. The number of pyridine rings is 1. The van der Waals surface area contributed by atoms with Crippen LogP contribution in [0.5, 0.6) is 0 Å². The number of hydrogen-bond acceptors (Lipinski definition) is 4. The van der Waals surface area contributed by atoms with E-state index in [0.29, 0.717) is 11.6 Å². The van der Waals surface area contributed by atoms with E-state index in [1.807, 2.05) is 13.0 Å². The third kappa shape index (κ3) is 2.47. The van der Waals surface area contributed by atoms with Crippen molar-refractivity contribution in [1.82, 2.24) is 4.98 Å². The van der Waals surface area contributed by atoms with Gasteiger partial charge in [-0.25, -0.2) is 4.98 Å². The van der Waals surface area contributed by atoms with Crippen LogP contribution in [0.15, 0.2) is 12.3 Å². The van der Waals surface area contributed by atoms with Crippen molar-refractivity contribution in [1.29, 1.82) is 0 Å². The Kier molecular flexibility index (Phi) is 3.74. The van der Waals surface area contributed by atoms with E-state index in [1.54, 1.807) is 6.20 Å². The van der Waals surface area contributed by atoms with Gasteiger partial charge >= 0.3 is 0 Å². The Hall–Kier alpha value is -1.42. The molecule has 1 atom stereocenters. The summed E-state index contributed by atoms with van der Waals surface area (Å²) in [5.41, 5.74) is 1.68. The number of carbonyl (C=O) groups excluding carboxylic acids is 1. The highest BCUT2D eigenvalue weighted by molar-refractivity contribution is 5.75.